The molecule has 1 heterocycles. The summed E-state index contributed by atoms with van der Waals surface area (Å²) in [7, 11) is 0. The van der Waals surface area contributed by atoms with Crippen LogP contribution in [0.3, 0.4) is 0 Å². The van der Waals surface area contributed by atoms with Gasteiger partial charge in [-0.2, -0.15) is 0 Å². The van der Waals surface area contributed by atoms with E-state index < -0.39 is 0 Å². The third kappa shape index (κ3) is 3.51. The van der Waals surface area contributed by atoms with E-state index in [1.54, 1.807) is 12.4 Å². The first kappa shape index (κ1) is 13.5. The fourth-order valence-electron chi connectivity index (χ4n) is 1.64. The first-order valence-corrected chi connectivity index (χ1v) is 6.28. The van der Waals surface area contributed by atoms with Crippen molar-refractivity contribution in [2.24, 2.45) is 5.73 Å². The van der Waals surface area contributed by atoms with E-state index in [9.17, 15) is 0 Å². The average Bonchev–Trinajstić information content (AvgIpc) is 2.39. The molecule has 0 fully saturated rings. The van der Waals surface area contributed by atoms with Crippen LogP contribution in [0.25, 0.3) is 0 Å². The van der Waals surface area contributed by atoms with Gasteiger partial charge in [-0.05, 0) is 23.1 Å². The molecule has 0 bridgehead atoms. The molecule has 4 nitrogen and oxygen atoms in total. The van der Waals surface area contributed by atoms with Crippen molar-refractivity contribution in [3.05, 3.63) is 47.9 Å². The van der Waals surface area contributed by atoms with Crippen LogP contribution in [0.5, 0.6) is 11.6 Å². The normalized spacial score (nSPS) is 11.4. The van der Waals surface area contributed by atoms with Crippen LogP contribution in [0.1, 0.15) is 32.0 Å². The summed E-state index contributed by atoms with van der Waals surface area (Å²) >= 11 is 0. The van der Waals surface area contributed by atoms with Gasteiger partial charge in [0, 0.05) is 6.54 Å². The highest BCUT2D eigenvalue weighted by Gasteiger charge is 2.13. The minimum Gasteiger partial charge on any atom is -0.438 e. The molecule has 2 aromatic rings. The van der Waals surface area contributed by atoms with Crippen molar-refractivity contribution in [2.45, 2.75) is 32.7 Å². The lowest BCUT2D eigenvalue weighted by Crippen LogP contribution is -2.10. The molecule has 0 atom stereocenters. The average molecular weight is 257 g/mol. The Morgan fingerprint density at radius 1 is 1.05 bits per heavy atom. The molecule has 0 aliphatic rings. The Kier molecular flexibility index (Phi) is 3.81. The Morgan fingerprint density at radius 2 is 1.74 bits per heavy atom. The predicted octanol–water partition coefficient (Wildman–Crippen LogP) is 3.03. The van der Waals surface area contributed by atoms with Crippen molar-refractivity contribution < 1.29 is 4.74 Å². The number of ether oxygens (including phenoxy) is 1. The molecule has 2 rings (SSSR count). The number of rotatable bonds is 3. The molecule has 1 aromatic carbocycles. The van der Waals surface area contributed by atoms with Crippen molar-refractivity contribution in [1.82, 2.24) is 9.97 Å². The number of benzene rings is 1. The van der Waals surface area contributed by atoms with Gasteiger partial charge in [-0.1, -0.05) is 32.9 Å². The van der Waals surface area contributed by atoms with Crippen molar-refractivity contribution in [2.75, 3.05) is 0 Å². The lowest BCUT2D eigenvalue weighted by Gasteiger charge is -2.19. The zero-order valence-electron chi connectivity index (χ0n) is 11.6. The quantitative estimate of drug-likeness (QED) is 0.918. The fraction of sp³-hybridized carbons (Fsp3) is 0.333. The molecular formula is C15H19N3O. The second kappa shape index (κ2) is 5.36. The van der Waals surface area contributed by atoms with Gasteiger partial charge in [0.05, 0.1) is 18.1 Å². The number of aromatic nitrogens is 2. The first-order valence-electron chi connectivity index (χ1n) is 6.28. The molecule has 4 heteroatoms. The van der Waals surface area contributed by atoms with E-state index in [2.05, 4.69) is 42.9 Å². The second-order valence-electron chi connectivity index (χ2n) is 5.43. The molecule has 0 radical (unpaired) electrons. The second-order valence-corrected chi connectivity index (χ2v) is 5.43. The zero-order chi connectivity index (χ0) is 13.9. The Labute approximate surface area is 113 Å². The highest BCUT2D eigenvalue weighted by molar-refractivity contribution is 5.33. The van der Waals surface area contributed by atoms with Crippen molar-refractivity contribution in [1.29, 1.82) is 0 Å². The number of nitrogens with zero attached hydrogens (tertiary/aromatic N) is 2. The number of nitrogens with two attached hydrogens (primary N) is 1. The van der Waals surface area contributed by atoms with Crippen molar-refractivity contribution in [3.8, 4) is 11.6 Å². The van der Waals surface area contributed by atoms with Crippen LogP contribution in [-0.4, -0.2) is 9.97 Å². The van der Waals surface area contributed by atoms with Crippen LogP contribution < -0.4 is 10.5 Å². The molecule has 2 N–H and O–H groups in total. The summed E-state index contributed by atoms with van der Waals surface area (Å²) in [4.78, 5) is 8.29. The molecule has 0 amide bonds. The highest BCUT2D eigenvalue weighted by atomic mass is 16.5. The van der Waals surface area contributed by atoms with Crippen molar-refractivity contribution >= 4 is 0 Å². The van der Waals surface area contributed by atoms with E-state index in [0.717, 1.165) is 11.4 Å². The lowest BCUT2D eigenvalue weighted by molar-refractivity contribution is 0.458. The standard InChI is InChI=1S/C15H19N3O/c1-15(2,3)11-4-6-13(7-5-11)19-14-10-17-12(8-16)9-18-14/h4-7,9-10H,8,16H2,1-3H3. The van der Waals surface area contributed by atoms with Gasteiger partial charge in [0.1, 0.15) is 5.75 Å². The molecule has 0 aliphatic heterocycles. The van der Waals surface area contributed by atoms with Gasteiger partial charge < -0.3 is 10.5 Å². The van der Waals surface area contributed by atoms with Crippen molar-refractivity contribution in [3.63, 3.8) is 0 Å². The molecular weight excluding hydrogens is 238 g/mol. The van der Waals surface area contributed by atoms with E-state index in [-0.39, 0.29) is 5.41 Å². The van der Waals surface area contributed by atoms with E-state index in [4.69, 9.17) is 10.5 Å². The molecule has 100 valence electrons. The SMILES string of the molecule is CC(C)(C)c1ccc(Oc2cnc(CN)cn2)cc1. The molecule has 0 saturated carbocycles. The van der Waals surface area contributed by atoms with Crippen LogP contribution >= 0.6 is 0 Å². The fourth-order valence-corrected chi connectivity index (χ4v) is 1.64. The van der Waals surface area contributed by atoms with Crippen LogP contribution in [-0.2, 0) is 12.0 Å². The Hall–Kier alpha value is -1.94. The summed E-state index contributed by atoms with van der Waals surface area (Å²) in [6, 6.07) is 8.02. The third-order valence-electron chi connectivity index (χ3n) is 2.83. The maximum atomic E-state index is 5.63. The minimum atomic E-state index is 0.140. The van der Waals surface area contributed by atoms with Gasteiger partial charge in [0.25, 0.3) is 0 Å². The van der Waals surface area contributed by atoms with Gasteiger partial charge in [-0.25, -0.2) is 4.98 Å². The molecule has 0 saturated heterocycles. The summed E-state index contributed by atoms with van der Waals surface area (Å²) in [5.74, 6) is 1.23. The first-order chi connectivity index (χ1) is 8.99. The summed E-state index contributed by atoms with van der Waals surface area (Å²) in [6.45, 7) is 6.92. The lowest BCUT2D eigenvalue weighted by atomic mass is 9.87. The van der Waals surface area contributed by atoms with Gasteiger partial charge in [0.2, 0.25) is 5.88 Å². The van der Waals surface area contributed by atoms with E-state index >= 15 is 0 Å². The van der Waals surface area contributed by atoms with Gasteiger partial charge in [-0.3, -0.25) is 4.98 Å². The summed E-state index contributed by atoms with van der Waals surface area (Å²) in [5, 5.41) is 0. The minimum absolute atomic E-state index is 0.140. The third-order valence-corrected chi connectivity index (χ3v) is 2.83. The molecule has 0 spiro atoms. The van der Waals surface area contributed by atoms with Crippen LogP contribution in [0.15, 0.2) is 36.7 Å². The number of hydrogen-bond donors (Lipinski definition) is 1. The molecule has 19 heavy (non-hydrogen) atoms. The van der Waals surface area contributed by atoms with E-state index in [1.165, 1.54) is 5.56 Å². The van der Waals surface area contributed by atoms with Crippen LogP contribution in [0.4, 0.5) is 0 Å². The smallest absolute Gasteiger partial charge is 0.237 e. The van der Waals surface area contributed by atoms with Gasteiger partial charge >= 0.3 is 0 Å². The van der Waals surface area contributed by atoms with Gasteiger partial charge in [0.15, 0.2) is 0 Å². The van der Waals surface area contributed by atoms with E-state index in [1.807, 2.05) is 12.1 Å². The van der Waals surface area contributed by atoms with Crippen LogP contribution in [0, 0.1) is 0 Å². The maximum Gasteiger partial charge on any atom is 0.237 e. The predicted molar refractivity (Wildman–Crippen MR) is 75.1 cm³/mol. The Morgan fingerprint density at radius 3 is 2.21 bits per heavy atom. The largest absolute Gasteiger partial charge is 0.438 e. The maximum absolute atomic E-state index is 5.63. The van der Waals surface area contributed by atoms with Crippen LogP contribution in [0.2, 0.25) is 0 Å². The monoisotopic (exact) mass is 257 g/mol. The molecule has 0 aliphatic carbocycles. The summed E-state index contributed by atoms with van der Waals surface area (Å²) < 4.78 is 5.63. The van der Waals surface area contributed by atoms with Gasteiger partial charge in [-0.15, -0.1) is 0 Å². The highest BCUT2D eigenvalue weighted by Crippen LogP contribution is 2.25. The summed E-state index contributed by atoms with van der Waals surface area (Å²) in [5.41, 5.74) is 7.62. The zero-order valence-corrected chi connectivity index (χ0v) is 11.6. The van der Waals surface area contributed by atoms with E-state index in [0.29, 0.717) is 12.4 Å². The number of hydrogen-bond acceptors (Lipinski definition) is 4. The molecule has 1 aromatic heterocycles. The molecule has 0 unspecified atom stereocenters. The Balaban J connectivity index is 2.10. The topological polar surface area (TPSA) is 61.0 Å². The Bertz CT molecular complexity index is 527. The summed E-state index contributed by atoms with van der Waals surface area (Å²) in [6.07, 6.45) is 3.21.